The predicted molar refractivity (Wildman–Crippen MR) is 104 cm³/mol. The third kappa shape index (κ3) is 3.47. The molecule has 0 aliphatic carbocycles. The Hall–Kier alpha value is -3.82. The van der Waals surface area contributed by atoms with Crippen LogP contribution in [-0.2, 0) is 13.6 Å². The molecule has 1 aromatic carbocycles. The Kier molecular flexibility index (Phi) is 5.13. The van der Waals surface area contributed by atoms with Gasteiger partial charge in [-0.3, -0.25) is 9.36 Å². The van der Waals surface area contributed by atoms with Gasteiger partial charge < -0.3 is 5.32 Å². The normalized spacial score (nSPS) is 11.2. The van der Waals surface area contributed by atoms with Crippen LogP contribution in [-0.4, -0.2) is 24.5 Å². The van der Waals surface area contributed by atoms with E-state index in [1.807, 2.05) is 0 Å². The molecule has 30 heavy (non-hydrogen) atoms. The lowest BCUT2D eigenvalue weighted by atomic mass is 10.1. The van der Waals surface area contributed by atoms with Crippen molar-refractivity contribution in [2.24, 2.45) is 7.05 Å². The van der Waals surface area contributed by atoms with E-state index in [0.29, 0.717) is 28.0 Å². The lowest BCUT2D eigenvalue weighted by Crippen LogP contribution is -2.20. The zero-order valence-electron chi connectivity index (χ0n) is 15.7. The number of rotatable bonds is 5. The molecule has 0 aliphatic heterocycles. The number of halogens is 3. The molecule has 1 N–H and O–H groups in total. The highest BCUT2D eigenvalue weighted by molar-refractivity contribution is 5.90. The van der Waals surface area contributed by atoms with Crippen LogP contribution in [0.4, 0.5) is 19.0 Å². The minimum atomic E-state index is -2.91. The first-order valence-corrected chi connectivity index (χ1v) is 8.86. The monoisotopic (exact) mass is 412 g/mol. The van der Waals surface area contributed by atoms with Crippen molar-refractivity contribution >= 4 is 16.9 Å². The van der Waals surface area contributed by atoms with Gasteiger partial charge in [-0.15, -0.1) is 0 Å². The summed E-state index contributed by atoms with van der Waals surface area (Å²) in [7, 11) is 1.57. The smallest absolute Gasteiger partial charge is 0.266 e. The molecule has 4 rings (SSSR count). The number of fused-ring (bicyclic) bond motifs is 1. The van der Waals surface area contributed by atoms with Crippen LogP contribution < -0.4 is 10.9 Å². The van der Waals surface area contributed by atoms with Gasteiger partial charge in [0, 0.05) is 37.1 Å². The number of alkyl halides is 2. The molecule has 0 radical (unpaired) electrons. The maximum Gasteiger partial charge on any atom is 0.266 e. The molecular weight excluding hydrogens is 397 g/mol. The van der Waals surface area contributed by atoms with Crippen molar-refractivity contribution in [1.29, 1.82) is 0 Å². The number of pyridine rings is 1. The summed E-state index contributed by atoms with van der Waals surface area (Å²) >= 11 is 0. The van der Waals surface area contributed by atoms with Crippen molar-refractivity contribution in [3.63, 3.8) is 0 Å². The molecule has 0 bridgehead atoms. The van der Waals surface area contributed by atoms with E-state index < -0.39 is 17.8 Å². The van der Waals surface area contributed by atoms with Crippen LogP contribution in [0.3, 0.4) is 0 Å². The summed E-state index contributed by atoms with van der Waals surface area (Å²) in [5, 5.41) is 3.46. The topological polar surface area (TPSA) is 85.6 Å². The molecule has 4 aromatic rings. The minimum Gasteiger partial charge on any atom is -0.365 e. The summed E-state index contributed by atoms with van der Waals surface area (Å²) < 4.78 is 41.6. The standard InChI is InChI=1S/C20H15F3N6O/c1-29-19-15(5-14(20(29)30)12-6-24-9-25-7-12)18(27-10-28-19)26-8-11-3-2-4-13(16(11)21)17(22)23/h2-7,9-10,17H,8H2,1H3,(H,26,27,28). The molecule has 3 aromatic heterocycles. The van der Waals surface area contributed by atoms with Crippen molar-refractivity contribution in [2.45, 2.75) is 13.0 Å². The molecule has 0 saturated carbocycles. The lowest BCUT2D eigenvalue weighted by Gasteiger charge is -2.13. The van der Waals surface area contributed by atoms with Crippen molar-refractivity contribution in [3.8, 4) is 11.1 Å². The van der Waals surface area contributed by atoms with Crippen LogP contribution in [0.5, 0.6) is 0 Å². The Balaban J connectivity index is 1.76. The van der Waals surface area contributed by atoms with E-state index in [1.165, 1.54) is 41.7 Å². The van der Waals surface area contributed by atoms with E-state index in [4.69, 9.17) is 0 Å². The molecule has 0 amide bonds. The average molecular weight is 412 g/mol. The molecule has 152 valence electrons. The molecule has 0 aliphatic rings. The maximum atomic E-state index is 14.3. The van der Waals surface area contributed by atoms with Gasteiger partial charge in [0.05, 0.1) is 16.5 Å². The second-order valence-corrected chi connectivity index (χ2v) is 6.48. The number of nitrogens with zero attached hydrogens (tertiary/aromatic N) is 5. The fourth-order valence-corrected chi connectivity index (χ4v) is 3.14. The third-order valence-corrected chi connectivity index (χ3v) is 4.67. The first-order chi connectivity index (χ1) is 14.5. The van der Waals surface area contributed by atoms with Gasteiger partial charge in [-0.05, 0) is 6.07 Å². The van der Waals surface area contributed by atoms with E-state index in [1.54, 1.807) is 13.1 Å². The number of aromatic nitrogens is 5. The zero-order valence-corrected chi connectivity index (χ0v) is 15.7. The van der Waals surface area contributed by atoms with E-state index >= 15 is 0 Å². The fraction of sp³-hybridized carbons (Fsp3) is 0.150. The molecule has 0 unspecified atom stereocenters. The summed E-state index contributed by atoms with van der Waals surface area (Å²) in [5.41, 5.74) is 0.342. The molecule has 0 atom stereocenters. The number of aryl methyl sites for hydroxylation is 1. The number of hydrogen-bond donors (Lipinski definition) is 1. The quantitative estimate of drug-likeness (QED) is 0.540. The molecule has 0 saturated heterocycles. The molecule has 10 heteroatoms. The SMILES string of the molecule is Cn1c(=O)c(-c2cncnc2)cc2c(NCc3cccc(C(F)F)c3F)ncnc21. The van der Waals surface area contributed by atoms with E-state index in [-0.39, 0.29) is 17.7 Å². The van der Waals surface area contributed by atoms with Gasteiger partial charge in [0.15, 0.2) is 0 Å². The second-order valence-electron chi connectivity index (χ2n) is 6.48. The zero-order chi connectivity index (χ0) is 21.3. The van der Waals surface area contributed by atoms with Gasteiger partial charge in [-0.2, -0.15) is 0 Å². The Morgan fingerprint density at radius 3 is 2.63 bits per heavy atom. The second kappa shape index (κ2) is 7.90. The highest BCUT2D eigenvalue weighted by Gasteiger charge is 2.17. The van der Waals surface area contributed by atoms with Crippen molar-refractivity contribution in [3.05, 3.63) is 76.6 Å². The van der Waals surface area contributed by atoms with Crippen molar-refractivity contribution < 1.29 is 13.2 Å². The Morgan fingerprint density at radius 1 is 1.13 bits per heavy atom. The number of anilines is 1. The van der Waals surface area contributed by atoms with Gasteiger partial charge in [0.2, 0.25) is 0 Å². The summed E-state index contributed by atoms with van der Waals surface area (Å²) in [6, 6.07) is 5.44. The van der Waals surface area contributed by atoms with Crippen LogP contribution >= 0.6 is 0 Å². The minimum absolute atomic E-state index is 0.0704. The van der Waals surface area contributed by atoms with E-state index in [9.17, 15) is 18.0 Å². The average Bonchev–Trinajstić information content (AvgIpc) is 2.76. The summed E-state index contributed by atoms with van der Waals surface area (Å²) in [6.07, 6.45) is 2.74. The number of benzene rings is 1. The van der Waals surface area contributed by atoms with Gasteiger partial charge in [-0.25, -0.2) is 33.1 Å². The van der Waals surface area contributed by atoms with Crippen molar-refractivity contribution in [1.82, 2.24) is 24.5 Å². The molecular formula is C20H15F3N6O. The van der Waals surface area contributed by atoms with Crippen LogP contribution in [0.2, 0.25) is 0 Å². The van der Waals surface area contributed by atoms with Crippen molar-refractivity contribution in [2.75, 3.05) is 5.32 Å². The molecule has 0 spiro atoms. The van der Waals surface area contributed by atoms with E-state index in [2.05, 4.69) is 25.3 Å². The van der Waals surface area contributed by atoms with Crippen LogP contribution in [0.25, 0.3) is 22.2 Å². The van der Waals surface area contributed by atoms with Gasteiger partial charge in [0.1, 0.15) is 29.9 Å². The van der Waals surface area contributed by atoms with Crippen LogP contribution in [0.15, 0.2) is 54.1 Å². The van der Waals surface area contributed by atoms with Gasteiger partial charge in [0.25, 0.3) is 12.0 Å². The first-order valence-electron chi connectivity index (χ1n) is 8.86. The summed E-state index contributed by atoms with van der Waals surface area (Å²) in [5.74, 6) is -0.636. The number of hydrogen-bond acceptors (Lipinski definition) is 6. The maximum absolute atomic E-state index is 14.3. The largest absolute Gasteiger partial charge is 0.365 e. The van der Waals surface area contributed by atoms with Gasteiger partial charge >= 0.3 is 0 Å². The van der Waals surface area contributed by atoms with Gasteiger partial charge in [-0.1, -0.05) is 18.2 Å². The Bertz CT molecular complexity index is 1280. The Morgan fingerprint density at radius 2 is 1.90 bits per heavy atom. The molecule has 0 fully saturated rings. The van der Waals surface area contributed by atoms with Crippen LogP contribution in [0.1, 0.15) is 17.6 Å². The first kappa shape index (κ1) is 19.5. The Labute approximate surface area is 168 Å². The summed E-state index contributed by atoms with van der Waals surface area (Å²) in [6.45, 7) is -0.0782. The molecule has 7 nitrogen and oxygen atoms in total. The van der Waals surface area contributed by atoms with Crippen LogP contribution in [0, 0.1) is 5.82 Å². The lowest BCUT2D eigenvalue weighted by molar-refractivity contribution is 0.146. The predicted octanol–water partition coefficient (Wildman–Crippen LogP) is 3.47. The number of nitrogens with one attached hydrogen (secondary N) is 1. The fourth-order valence-electron chi connectivity index (χ4n) is 3.14. The third-order valence-electron chi connectivity index (χ3n) is 4.67. The molecule has 3 heterocycles. The summed E-state index contributed by atoms with van der Waals surface area (Å²) in [4.78, 5) is 28.9. The van der Waals surface area contributed by atoms with E-state index in [0.717, 1.165) is 6.07 Å². The highest BCUT2D eigenvalue weighted by atomic mass is 19.3. The highest BCUT2D eigenvalue weighted by Crippen LogP contribution is 2.26.